The molecule has 0 aliphatic carbocycles. The lowest BCUT2D eigenvalue weighted by Crippen LogP contribution is -2.41. The molecule has 0 rings (SSSR count). The van der Waals surface area contributed by atoms with E-state index < -0.39 is 15.9 Å². The third kappa shape index (κ3) is 5.66. The van der Waals surface area contributed by atoms with Gasteiger partial charge in [-0.15, -0.1) is 0 Å². The third-order valence-corrected chi connectivity index (χ3v) is 9.51. The van der Waals surface area contributed by atoms with Crippen molar-refractivity contribution in [2.45, 2.75) is 52.8 Å². The van der Waals surface area contributed by atoms with Crippen molar-refractivity contribution < 1.29 is 18.0 Å². The van der Waals surface area contributed by atoms with Crippen LogP contribution in [0.15, 0.2) is 0 Å². The molecule has 0 N–H and O–H groups in total. The van der Waals surface area contributed by atoms with E-state index in [0.717, 1.165) is 0 Å². The Labute approximate surface area is 107 Å². The Morgan fingerprint density at radius 1 is 1.06 bits per heavy atom. The molecule has 104 valence electrons. The minimum Gasteiger partial charge on any atom is -0.405 e. The van der Waals surface area contributed by atoms with Crippen molar-refractivity contribution in [3.63, 3.8) is 0 Å². The van der Waals surface area contributed by atoms with Crippen LogP contribution in [0.1, 0.15) is 34.6 Å². The van der Waals surface area contributed by atoms with Gasteiger partial charge in [0.2, 0.25) is 0 Å². The summed E-state index contributed by atoms with van der Waals surface area (Å²) in [7, 11) is -4.98. The molecule has 17 heavy (non-hydrogen) atoms. The molecule has 0 aromatic rings. The van der Waals surface area contributed by atoms with Gasteiger partial charge in [0.15, 0.2) is 8.32 Å². The normalized spacial score (nSPS) is 14.1. The van der Waals surface area contributed by atoms with E-state index in [1.54, 1.807) is 13.8 Å². The van der Waals surface area contributed by atoms with E-state index in [1.165, 1.54) is 0 Å². The van der Waals surface area contributed by atoms with Crippen LogP contribution in [-0.4, -0.2) is 27.9 Å². The summed E-state index contributed by atoms with van der Waals surface area (Å²) in [5.41, 5.74) is 0. The van der Waals surface area contributed by atoms with Crippen LogP contribution in [0.3, 0.4) is 0 Å². The minimum atomic E-state index is -3.07. The molecule has 6 heteroatoms. The first-order valence-corrected chi connectivity index (χ1v) is 10.7. The van der Waals surface area contributed by atoms with Crippen LogP contribution in [0.4, 0.5) is 0 Å². The molecule has 0 spiro atoms. The maximum absolute atomic E-state index is 12.2. The predicted molar refractivity (Wildman–Crippen MR) is 74.0 cm³/mol. The average Bonchev–Trinajstić information content (AvgIpc) is 2.14. The van der Waals surface area contributed by atoms with Crippen molar-refractivity contribution >= 4 is 15.9 Å². The van der Waals surface area contributed by atoms with Gasteiger partial charge in [-0.2, -0.15) is 0 Å². The van der Waals surface area contributed by atoms with Crippen LogP contribution < -0.4 is 0 Å². The molecule has 0 saturated carbocycles. The van der Waals surface area contributed by atoms with Crippen molar-refractivity contribution in [1.29, 1.82) is 0 Å². The molecule has 0 aliphatic rings. The molecule has 0 unspecified atom stereocenters. The highest BCUT2D eigenvalue weighted by atomic mass is 31.2. The molecule has 0 aromatic carbocycles. The average molecular weight is 282 g/mol. The van der Waals surface area contributed by atoms with Gasteiger partial charge in [-0.25, -0.2) is 0 Å². The van der Waals surface area contributed by atoms with Gasteiger partial charge >= 0.3 is 7.60 Å². The van der Waals surface area contributed by atoms with Crippen molar-refractivity contribution in [3.8, 4) is 0 Å². The molecule has 0 heterocycles. The van der Waals surface area contributed by atoms with Crippen LogP contribution in [0.2, 0.25) is 18.1 Å². The fourth-order valence-corrected chi connectivity index (χ4v) is 4.33. The second-order valence-electron chi connectivity index (χ2n) is 5.48. The molecule has 0 radical (unpaired) electrons. The molecule has 0 bridgehead atoms. The van der Waals surface area contributed by atoms with Gasteiger partial charge in [-0.1, -0.05) is 20.8 Å². The Morgan fingerprint density at radius 3 is 1.76 bits per heavy atom. The summed E-state index contributed by atoms with van der Waals surface area (Å²) in [4.78, 5) is 0. The Balaban J connectivity index is 4.56. The van der Waals surface area contributed by atoms with Gasteiger partial charge in [0.25, 0.3) is 0 Å². The lowest BCUT2D eigenvalue weighted by molar-refractivity contribution is 0.192. The van der Waals surface area contributed by atoms with E-state index in [9.17, 15) is 4.57 Å². The zero-order chi connectivity index (χ0) is 13.7. The summed E-state index contributed by atoms with van der Waals surface area (Å²) < 4.78 is 28.5. The second-order valence-corrected chi connectivity index (χ2v) is 12.3. The fourth-order valence-electron chi connectivity index (χ4n) is 0.962. The molecule has 0 aliphatic heterocycles. The highest BCUT2D eigenvalue weighted by molar-refractivity contribution is 7.53. The minimum absolute atomic E-state index is 0.0607. The molecule has 0 atom stereocenters. The monoisotopic (exact) mass is 282 g/mol. The summed E-state index contributed by atoms with van der Waals surface area (Å²) in [5, 5.41) is 0.0935. The summed E-state index contributed by atoms with van der Waals surface area (Å²) in [6, 6.07) is 0. The highest BCUT2D eigenvalue weighted by Crippen LogP contribution is 2.50. The molecule has 0 fully saturated rings. The van der Waals surface area contributed by atoms with Crippen molar-refractivity contribution in [2.75, 3.05) is 19.6 Å². The molecule has 0 aromatic heterocycles. The number of rotatable bonds is 7. The molecule has 0 saturated heterocycles. The molecule has 0 amide bonds. The van der Waals surface area contributed by atoms with E-state index in [0.29, 0.717) is 13.2 Å². The van der Waals surface area contributed by atoms with Crippen molar-refractivity contribution in [2.24, 2.45) is 0 Å². The maximum atomic E-state index is 12.2. The first kappa shape index (κ1) is 17.3. The largest absolute Gasteiger partial charge is 0.405 e. The van der Waals surface area contributed by atoms with Gasteiger partial charge in [-0.3, -0.25) is 4.57 Å². The summed E-state index contributed by atoms with van der Waals surface area (Å²) in [6.07, 6.45) is 0.0607. The van der Waals surface area contributed by atoms with E-state index in [1.807, 2.05) is 0 Å². The van der Waals surface area contributed by atoms with Crippen LogP contribution >= 0.6 is 7.60 Å². The number of hydrogen-bond donors (Lipinski definition) is 0. The van der Waals surface area contributed by atoms with Crippen molar-refractivity contribution in [3.05, 3.63) is 0 Å². The van der Waals surface area contributed by atoms with Crippen LogP contribution in [0.5, 0.6) is 0 Å². The second kappa shape index (κ2) is 6.48. The van der Waals surface area contributed by atoms with Crippen molar-refractivity contribution in [1.82, 2.24) is 0 Å². The molecule has 4 nitrogen and oxygen atoms in total. The van der Waals surface area contributed by atoms with Gasteiger partial charge in [0.1, 0.15) is 6.35 Å². The standard InChI is InChI=1S/C11H27O4PSi/c1-8-13-16(12,14-9-2)10-15-17(6,7)11(3,4)5/h8-10H2,1-7H3. The predicted octanol–water partition coefficient (Wildman–Crippen LogP) is 4.23. The molecular formula is C11H27O4PSi. The first-order valence-electron chi connectivity index (χ1n) is 6.10. The molecular weight excluding hydrogens is 255 g/mol. The van der Waals surface area contributed by atoms with Crippen LogP contribution in [0, 0.1) is 0 Å². The summed E-state index contributed by atoms with van der Waals surface area (Å²) in [6.45, 7) is 15.0. The third-order valence-electron chi connectivity index (χ3n) is 3.04. The topological polar surface area (TPSA) is 44.8 Å². The van der Waals surface area contributed by atoms with Crippen LogP contribution in [0.25, 0.3) is 0 Å². The maximum Gasteiger partial charge on any atom is 0.354 e. The Morgan fingerprint density at radius 2 is 1.47 bits per heavy atom. The highest BCUT2D eigenvalue weighted by Gasteiger charge is 2.39. The summed E-state index contributed by atoms with van der Waals surface area (Å²) in [5.74, 6) is 0. The Kier molecular flexibility index (Phi) is 6.61. The summed E-state index contributed by atoms with van der Waals surface area (Å²) >= 11 is 0. The fraction of sp³-hybridized carbons (Fsp3) is 1.00. The van der Waals surface area contributed by atoms with Gasteiger partial charge < -0.3 is 13.5 Å². The smallest absolute Gasteiger partial charge is 0.354 e. The van der Waals surface area contributed by atoms with E-state index >= 15 is 0 Å². The van der Waals surface area contributed by atoms with Gasteiger partial charge in [0, 0.05) is 0 Å². The first-order chi connectivity index (χ1) is 7.58. The Bertz CT molecular complexity index is 263. The lowest BCUT2D eigenvalue weighted by atomic mass is 10.2. The quantitative estimate of drug-likeness (QED) is 0.517. The van der Waals surface area contributed by atoms with Gasteiger partial charge in [-0.05, 0) is 32.0 Å². The van der Waals surface area contributed by atoms with Crippen LogP contribution in [-0.2, 0) is 18.0 Å². The van der Waals surface area contributed by atoms with Gasteiger partial charge in [0.05, 0.1) is 13.2 Å². The van der Waals surface area contributed by atoms with E-state index in [4.69, 9.17) is 13.5 Å². The lowest BCUT2D eigenvalue weighted by Gasteiger charge is -2.36. The SMILES string of the molecule is CCOP(=O)(CO[Si](C)(C)C(C)(C)C)OCC. The van der Waals surface area contributed by atoms with E-state index in [2.05, 4.69) is 33.9 Å². The zero-order valence-corrected chi connectivity index (χ0v) is 14.1. The van der Waals surface area contributed by atoms with E-state index in [-0.39, 0.29) is 11.4 Å². The Hall–Kier alpha value is 0.327. The zero-order valence-electron chi connectivity index (χ0n) is 12.2. The number of hydrogen-bond acceptors (Lipinski definition) is 4.